The minimum absolute atomic E-state index is 0.201. The molecule has 1 N–H and O–H groups in total. The van der Waals surface area contributed by atoms with Gasteiger partial charge in [-0.15, -0.1) is 10.2 Å². The van der Waals surface area contributed by atoms with Gasteiger partial charge in [-0.1, -0.05) is 95.0 Å². The van der Waals surface area contributed by atoms with Crippen molar-refractivity contribution in [3.63, 3.8) is 0 Å². The summed E-state index contributed by atoms with van der Waals surface area (Å²) in [5.74, 6) is 0.996. The van der Waals surface area contributed by atoms with Crippen LogP contribution in [0.15, 0.2) is 54.6 Å². The van der Waals surface area contributed by atoms with Crippen molar-refractivity contribution in [1.82, 2.24) is 25.5 Å². The predicted molar refractivity (Wildman–Crippen MR) is 138 cm³/mol. The van der Waals surface area contributed by atoms with E-state index in [0.717, 1.165) is 18.5 Å². The highest BCUT2D eigenvalue weighted by Gasteiger charge is 2.22. The molecule has 7 heteroatoms. The molecule has 1 aromatic heterocycles. The molecule has 3 aromatic rings. The topological polar surface area (TPSA) is 81.9 Å². The molecule has 0 radical (unpaired) electrons. The van der Waals surface area contributed by atoms with Crippen LogP contribution in [0.5, 0.6) is 5.75 Å². The van der Waals surface area contributed by atoms with E-state index in [1.807, 2.05) is 30.3 Å². The highest BCUT2D eigenvalue weighted by atomic mass is 16.5. The van der Waals surface area contributed by atoms with Crippen LogP contribution < -0.4 is 10.1 Å². The fraction of sp³-hybridized carbons (Fsp3) is 0.500. The number of ether oxygens (including phenoxy) is 1. The smallest absolute Gasteiger partial charge is 0.252 e. The van der Waals surface area contributed by atoms with Crippen LogP contribution >= 0.6 is 0 Å². The van der Waals surface area contributed by atoms with Gasteiger partial charge in [0.05, 0.1) is 13.7 Å². The molecule has 0 fully saturated rings. The van der Waals surface area contributed by atoms with Crippen molar-refractivity contribution in [3.05, 3.63) is 71.5 Å². The lowest BCUT2D eigenvalue weighted by atomic mass is 10.1. The second-order valence-corrected chi connectivity index (χ2v) is 8.97. The first-order valence-electron chi connectivity index (χ1n) is 13.0. The molecule has 7 nitrogen and oxygen atoms in total. The number of amides is 1. The number of hydrogen-bond acceptors (Lipinski definition) is 5. The molecule has 1 heterocycles. The summed E-state index contributed by atoms with van der Waals surface area (Å²) in [7, 11) is 1.60. The fourth-order valence-corrected chi connectivity index (χ4v) is 4.11. The van der Waals surface area contributed by atoms with E-state index in [4.69, 9.17) is 4.74 Å². The zero-order valence-corrected chi connectivity index (χ0v) is 21.2. The Morgan fingerprint density at radius 2 is 1.51 bits per heavy atom. The number of tetrazole rings is 1. The number of unbranched alkanes of at least 4 members (excludes halogenated alkanes) is 9. The summed E-state index contributed by atoms with van der Waals surface area (Å²) in [6.45, 7) is 2.99. The molecule has 35 heavy (non-hydrogen) atoms. The number of hydrogen-bond donors (Lipinski definition) is 1. The number of rotatable bonds is 16. The monoisotopic (exact) mass is 477 g/mol. The Hall–Kier alpha value is -3.22. The normalized spacial score (nSPS) is 11.8. The Kier molecular flexibility index (Phi) is 11.2. The van der Waals surface area contributed by atoms with Gasteiger partial charge in [-0.25, -0.2) is 0 Å². The van der Waals surface area contributed by atoms with Crippen LogP contribution in [0.25, 0.3) is 0 Å². The molecule has 0 saturated heterocycles. The Bertz CT molecular complexity index is 988. The Morgan fingerprint density at radius 1 is 0.886 bits per heavy atom. The van der Waals surface area contributed by atoms with Gasteiger partial charge >= 0.3 is 0 Å². The zero-order valence-electron chi connectivity index (χ0n) is 21.2. The van der Waals surface area contributed by atoms with Gasteiger partial charge in [0.2, 0.25) is 5.82 Å². The summed E-state index contributed by atoms with van der Waals surface area (Å²) < 4.78 is 5.19. The number of nitrogens with one attached hydrogen (secondary N) is 1. The number of nitrogens with zero attached hydrogens (tertiary/aromatic N) is 4. The van der Waals surface area contributed by atoms with Crippen molar-refractivity contribution in [1.29, 1.82) is 0 Å². The SMILES string of the molecule is CCCCCCCCCCCCn1nnc(C(NC(=O)c2ccc(OC)cc2)c2ccccc2)n1. The summed E-state index contributed by atoms with van der Waals surface area (Å²) >= 11 is 0. The van der Waals surface area contributed by atoms with Gasteiger partial charge in [-0.3, -0.25) is 4.79 Å². The maximum atomic E-state index is 12.9. The maximum Gasteiger partial charge on any atom is 0.252 e. The minimum atomic E-state index is -0.479. The fourth-order valence-electron chi connectivity index (χ4n) is 4.11. The van der Waals surface area contributed by atoms with Crippen molar-refractivity contribution in [3.8, 4) is 5.75 Å². The van der Waals surface area contributed by atoms with Crippen molar-refractivity contribution >= 4 is 5.91 Å². The van der Waals surface area contributed by atoms with Gasteiger partial charge < -0.3 is 10.1 Å². The first kappa shape index (κ1) is 26.4. The molecule has 0 bridgehead atoms. The lowest BCUT2D eigenvalue weighted by Gasteiger charge is -2.16. The largest absolute Gasteiger partial charge is 0.497 e. The van der Waals surface area contributed by atoms with E-state index in [9.17, 15) is 4.79 Å². The van der Waals surface area contributed by atoms with Crippen LogP contribution in [-0.4, -0.2) is 33.2 Å². The van der Waals surface area contributed by atoms with Crippen LogP contribution in [0.3, 0.4) is 0 Å². The summed E-state index contributed by atoms with van der Waals surface area (Å²) in [6, 6.07) is 16.3. The zero-order chi connectivity index (χ0) is 24.7. The Labute approximate surface area is 209 Å². The molecule has 0 spiro atoms. The molecule has 2 aromatic carbocycles. The van der Waals surface area contributed by atoms with Crippen LogP contribution in [0.1, 0.15) is 98.9 Å². The van der Waals surface area contributed by atoms with Gasteiger partial charge in [-0.05, 0) is 41.5 Å². The number of aromatic nitrogens is 4. The predicted octanol–water partition coefficient (Wildman–Crippen LogP) is 6.12. The van der Waals surface area contributed by atoms with E-state index in [2.05, 4.69) is 27.7 Å². The first-order chi connectivity index (χ1) is 17.2. The third kappa shape index (κ3) is 8.81. The van der Waals surface area contributed by atoms with Crippen LogP contribution in [0.4, 0.5) is 0 Å². The second-order valence-electron chi connectivity index (χ2n) is 8.97. The minimum Gasteiger partial charge on any atom is -0.497 e. The van der Waals surface area contributed by atoms with Crippen molar-refractivity contribution in [2.75, 3.05) is 7.11 Å². The summed E-state index contributed by atoms with van der Waals surface area (Å²) in [6.07, 6.45) is 12.9. The number of methoxy groups -OCH3 is 1. The molecule has 0 aliphatic carbocycles. The van der Waals surface area contributed by atoms with Crippen LogP contribution in [0.2, 0.25) is 0 Å². The van der Waals surface area contributed by atoms with Gasteiger partial charge in [0.1, 0.15) is 11.8 Å². The molecule has 1 atom stereocenters. The third-order valence-electron chi connectivity index (χ3n) is 6.20. The van der Waals surface area contributed by atoms with E-state index < -0.39 is 6.04 Å². The van der Waals surface area contributed by atoms with E-state index in [-0.39, 0.29) is 5.91 Å². The number of carbonyl (C=O) groups excluding carboxylic acids is 1. The second kappa shape index (κ2) is 14.9. The highest BCUT2D eigenvalue weighted by molar-refractivity contribution is 5.94. The molecular formula is C28H39N5O2. The standard InChI is InChI=1S/C28H39N5O2/c1-3-4-5-6-7-8-9-10-11-15-22-33-31-27(30-32-33)26(23-16-13-12-14-17-23)29-28(34)24-18-20-25(35-2)21-19-24/h12-14,16-21,26H,3-11,15,22H2,1-2H3,(H,29,34). The third-order valence-corrected chi connectivity index (χ3v) is 6.20. The van der Waals surface area contributed by atoms with Crippen LogP contribution in [0, 0.1) is 0 Å². The lowest BCUT2D eigenvalue weighted by Crippen LogP contribution is -2.30. The van der Waals surface area contributed by atoms with E-state index in [1.54, 1.807) is 36.2 Å². The lowest BCUT2D eigenvalue weighted by molar-refractivity contribution is 0.0941. The number of aryl methyl sites for hydroxylation is 1. The average molecular weight is 478 g/mol. The number of benzene rings is 2. The highest BCUT2D eigenvalue weighted by Crippen LogP contribution is 2.20. The van der Waals surface area contributed by atoms with Gasteiger partial charge in [0.15, 0.2) is 0 Å². The maximum absolute atomic E-state index is 12.9. The van der Waals surface area contributed by atoms with E-state index >= 15 is 0 Å². The first-order valence-corrected chi connectivity index (χ1v) is 13.0. The molecule has 3 rings (SSSR count). The molecule has 1 amide bonds. The molecule has 188 valence electrons. The number of carbonyl (C=O) groups is 1. The summed E-state index contributed by atoms with van der Waals surface area (Å²) in [5, 5.41) is 16.2. The quantitative estimate of drug-likeness (QED) is 0.251. The van der Waals surface area contributed by atoms with Crippen molar-refractivity contribution < 1.29 is 9.53 Å². The molecular weight excluding hydrogens is 438 g/mol. The van der Waals surface area contributed by atoms with Crippen LogP contribution in [-0.2, 0) is 6.54 Å². The summed E-state index contributed by atoms with van der Waals surface area (Å²) in [4.78, 5) is 14.6. The van der Waals surface area contributed by atoms with E-state index in [1.165, 1.54) is 57.8 Å². The Morgan fingerprint density at radius 3 is 2.14 bits per heavy atom. The van der Waals surface area contributed by atoms with Crippen molar-refractivity contribution in [2.24, 2.45) is 0 Å². The van der Waals surface area contributed by atoms with E-state index in [0.29, 0.717) is 17.1 Å². The molecule has 0 aliphatic rings. The van der Waals surface area contributed by atoms with Crippen molar-refractivity contribution in [2.45, 2.75) is 83.7 Å². The molecule has 0 saturated carbocycles. The van der Waals surface area contributed by atoms with Gasteiger partial charge in [0.25, 0.3) is 5.91 Å². The Balaban J connectivity index is 1.52. The average Bonchev–Trinajstić information content (AvgIpc) is 3.37. The van der Waals surface area contributed by atoms with Gasteiger partial charge in [-0.2, -0.15) is 4.80 Å². The molecule has 0 aliphatic heterocycles. The summed E-state index contributed by atoms with van der Waals surface area (Å²) in [5.41, 5.74) is 1.46. The van der Waals surface area contributed by atoms with Gasteiger partial charge in [0, 0.05) is 5.56 Å². The molecule has 1 unspecified atom stereocenters.